The molecule has 2 aromatic heterocycles. The standard InChI is InChI=1S/C15H22N4S/c1-4-7-16-14-9-15(18-11-17-14)19(12(2)3)10-13-6-5-8-20-13/h5-6,8-9,11-12H,4,7,10H2,1-3H3,(H,16,17,18). The minimum absolute atomic E-state index is 0.394. The molecule has 0 unspecified atom stereocenters. The summed E-state index contributed by atoms with van der Waals surface area (Å²) < 4.78 is 0. The smallest absolute Gasteiger partial charge is 0.134 e. The Morgan fingerprint density at radius 3 is 2.85 bits per heavy atom. The van der Waals surface area contributed by atoms with E-state index < -0.39 is 0 Å². The van der Waals surface area contributed by atoms with Gasteiger partial charge in [0, 0.05) is 23.5 Å². The Morgan fingerprint density at radius 1 is 1.35 bits per heavy atom. The summed E-state index contributed by atoms with van der Waals surface area (Å²) in [5.74, 6) is 1.87. The van der Waals surface area contributed by atoms with Crippen molar-refractivity contribution in [2.24, 2.45) is 0 Å². The second-order valence-electron chi connectivity index (χ2n) is 4.99. The fourth-order valence-electron chi connectivity index (χ4n) is 1.95. The van der Waals surface area contributed by atoms with Crippen LogP contribution in [0.1, 0.15) is 32.1 Å². The van der Waals surface area contributed by atoms with Crippen LogP contribution in [0.25, 0.3) is 0 Å². The zero-order chi connectivity index (χ0) is 14.4. The third kappa shape index (κ3) is 3.93. The first-order chi connectivity index (χ1) is 9.70. The van der Waals surface area contributed by atoms with E-state index in [0.717, 1.165) is 31.1 Å². The van der Waals surface area contributed by atoms with Crippen molar-refractivity contribution < 1.29 is 0 Å². The molecule has 2 rings (SSSR count). The molecule has 0 aliphatic rings. The molecule has 0 aromatic carbocycles. The highest BCUT2D eigenvalue weighted by molar-refractivity contribution is 7.09. The van der Waals surface area contributed by atoms with Crippen molar-refractivity contribution in [3.63, 3.8) is 0 Å². The van der Waals surface area contributed by atoms with E-state index in [1.54, 1.807) is 17.7 Å². The Balaban J connectivity index is 2.16. The third-order valence-electron chi connectivity index (χ3n) is 3.03. The largest absolute Gasteiger partial charge is 0.370 e. The summed E-state index contributed by atoms with van der Waals surface area (Å²) in [5, 5.41) is 5.43. The third-order valence-corrected chi connectivity index (χ3v) is 3.89. The van der Waals surface area contributed by atoms with Gasteiger partial charge in [-0.25, -0.2) is 9.97 Å². The average molecular weight is 290 g/mol. The van der Waals surface area contributed by atoms with Crippen molar-refractivity contribution in [3.8, 4) is 0 Å². The van der Waals surface area contributed by atoms with E-state index in [2.05, 4.69) is 58.5 Å². The number of hydrogen-bond donors (Lipinski definition) is 1. The average Bonchev–Trinajstić information content (AvgIpc) is 2.95. The quantitative estimate of drug-likeness (QED) is 0.842. The van der Waals surface area contributed by atoms with Crippen LogP contribution in [0.2, 0.25) is 0 Å². The molecule has 0 amide bonds. The summed E-state index contributed by atoms with van der Waals surface area (Å²) in [7, 11) is 0. The molecule has 0 aliphatic heterocycles. The van der Waals surface area contributed by atoms with Crippen molar-refractivity contribution in [3.05, 3.63) is 34.8 Å². The van der Waals surface area contributed by atoms with Gasteiger partial charge in [-0.3, -0.25) is 0 Å². The van der Waals surface area contributed by atoms with Crippen LogP contribution in [0.5, 0.6) is 0 Å². The molecule has 0 spiro atoms. The van der Waals surface area contributed by atoms with Crippen molar-refractivity contribution >= 4 is 23.0 Å². The molecule has 0 fully saturated rings. The van der Waals surface area contributed by atoms with E-state index in [9.17, 15) is 0 Å². The van der Waals surface area contributed by atoms with Crippen LogP contribution in [-0.4, -0.2) is 22.6 Å². The summed E-state index contributed by atoms with van der Waals surface area (Å²) in [6.07, 6.45) is 2.72. The Labute approximate surface area is 124 Å². The van der Waals surface area contributed by atoms with E-state index in [4.69, 9.17) is 0 Å². The van der Waals surface area contributed by atoms with Crippen molar-refractivity contribution in [1.29, 1.82) is 0 Å². The Hall–Kier alpha value is -1.62. The molecule has 2 heterocycles. The molecule has 4 nitrogen and oxygen atoms in total. The number of nitrogens with one attached hydrogen (secondary N) is 1. The highest BCUT2D eigenvalue weighted by atomic mass is 32.1. The molecule has 0 saturated carbocycles. The molecule has 0 radical (unpaired) electrons. The maximum atomic E-state index is 4.43. The molecule has 5 heteroatoms. The Morgan fingerprint density at radius 2 is 2.20 bits per heavy atom. The molecular weight excluding hydrogens is 268 g/mol. The molecule has 0 saturated heterocycles. The fourth-order valence-corrected chi connectivity index (χ4v) is 2.66. The van der Waals surface area contributed by atoms with Gasteiger partial charge in [-0.1, -0.05) is 13.0 Å². The number of rotatable bonds is 7. The van der Waals surface area contributed by atoms with Crippen LogP contribution < -0.4 is 10.2 Å². The lowest BCUT2D eigenvalue weighted by Gasteiger charge is -2.27. The molecule has 1 N–H and O–H groups in total. The van der Waals surface area contributed by atoms with Gasteiger partial charge in [-0.15, -0.1) is 11.3 Å². The number of nitrogens with zero attached hydrogens (tertiary/aromatic N) is 3. The van der Waals surface area contributed by atoms with Gasteiger partial charge in [-0.05, 0) is 31.7 Å². The topological polar surface area (TPSA) is 41.0 Å². The number of anilines is 2. The Kier molecular flexibility index (Phi) is 5.35. The second kappa shape index (κ2) is 7.24. The van der Waals surface area contributed by atoms with E-state index in [-0.39, 0.29) is 0 Å². The predicted octanol–water partition coefficient (Wildman–Crippen LogP) is 3.78. The lowest BCUT2D eigenvalue weighted by atomic mass is 10.3. The molecule has 20 heavy (non-hydrogen) atoms. The Bertz CT molecular complexity index is 510. The number of aromatic nitrogens is 2. The van der Waals surface area contributed by atoms with E-state index in [1.165, 1.54) is 4.88 Å². The predicted molar refractivity (Wildman–Crippen MR) is 86.5 cm³/mol. The maximum absolute atomic E-state index is 4.43. The summed E-state index contributed by atoms with van der Waals surface area (Å²) in [6.45, 7) is 8.35. The summed E-state index contributed by atoms with van der Waals surface area (Å²) in [6, 6.07) is 6.68. The van der Waals surface area contributed by atoms with Gasteiger partial charge in [0.1, 0.15) is 18.0 Å². The molecule has 0 aliphatic carbocycles. The number of hydrogen-bond acceptors (Lipinski definition) is 5. The summed E-state index contributed by atoms with van der Waals surface area (Å²) in [4.78, 5) is 12.3. The van der Waals surface area contributed by atoms with Gasteiger partial charge >= 0.3 is 0 Å². The molecule has 0 bridgehead atoms. The molecule has 0 atom stereocenters. The van der Waals surface area contributed by atoms with Crippen molar-refractivity contribution in [1.82, 2.24) is 9.97 Å². The minimum atomic E-state index is 0.394. The first kappa shape index (κ1) is 14.8. The second-order valence-corrected chi connectivity index (χ2v) is 6.02. The SMILES string of the molecule is CCCNc1cc(N(Cc2cccs2)C(C)C)ncn1. The van der Waals surface area contributed by atoms with Crippen LogP contribution in [0.4, 0.5) is 11.6 Å². The van der Waals surface area contributed by atoms with Crippen LogP contribution in [0, 0.1) is 0 Å². The van der Waals surface area contributed by atoms with E-state index >= 15 is 0 Å². The summed E-state index contributed by atoms with van der Waals surface area (Å²) in [5.41, 5.74) is 0. The monoisotopic (exact) mass is 290 g/mol. The zero-order valence-corrected chi connectivity index (χ0v) is 13.2. The maximum Gasteiger partial charge on any atom is 0.134 e. The lowest BCUT2D eigenvalue weighted by Crippen LogP contribution is -2.30. The van der Waals surface area contributed by atoms with Gasteiger partial charge in [-0.2, -0.15) is 0 Å². The van der Waals surface area contributed by atoms with Crippen LogP contribution in [0.15, 0.2) is 29.9 Å². The first-order valence-corrected chi connectivity index (χ1v) is 7.93. The van der Waals surface area contributed by atoms with Gasteiger partial charge in [0.2, 0.25) is 0 Å². The lowest BCUT2D eigenvalue weighted by molar-refractivity contribution is 0.676. The molecular formula is C15H22N4S. The highest BCUT2D eigenvalue weighted by Gasteiger charge is 2.14. The number of thiophene rings is 1. The van der Waals surface area contributed by atoms with Gasteiger partial charge in [0.15, 0.2) is 0 Å². The van der Waals surface area contributed by atoms with Crippen LogP contribution >= 0.6 is 11.3 Å². The molecule has 2 aromatic rings. The zero-order valence-electron chi connectivity index (χ0n) is 12.3. The molecule has 108 valence electrons. The normalized spacial score (nSPS) is 10.8. The fraction of sp³-hybridized carbons (Fsp3) is 0.467. The van der Waals surface area contributed by atoms with Crippen LogP contribution in [-0.2, 0) is 6.54 Å². The van der Waals surface area contributed by atoms with Crippen molar-refractivity contribution in [2.75, 3.05) is 16.8 Å². The first-order valence-electron chi connectivity index (χ1n) is 7.05. The van der Waals surface area contributed by atoms with Gasteiger partial charge in [0.05, 0.1) is 6.54 Å². The van der Waals surface area contributed by atoms with Crippen molar-refractivity contribution in [2.45, 2.75) is 39.8 Å². The van der Waals surface area contributed by atoms with E-state index in [0.29, 0.717) is 6.04 Å². The summed E-state index contributed by atoms with van der Waals surface area (Å²) >= 11 is 1.78. The van der Waals surface area contributed by atoms with Gasteiger partial charge in [0.25, 0.3) is 0 Å². The highest BCUT2D eigenvalue weighted by Crippen LogP contribution is 2.21. The van der Waals surface area contributed by atoms with Gasteiger partial charge < -0.3 is 10.2 Å². The minimum Gasteiger partial charge on any atom is -0.370 e. The van der Waals surface area contributed by atoms with E-state index in [1.807, 2.05) is 6.07 Å². The van der Waals surface area contributed by atoms with Crippen LogP contribution in [0.3, 0.4) is 0 Å².